The standard InChI is InChI=1S/C26H29ClN4O5S/c1-17(23-7-4-12-36-23)29-24(32)13-18-8-10-31(11-9-18)25-22(15-21(16-28-25)37(2,34)35)30-26(33)19-5-3-6-20(27)14-19/h3-7,12,14-18H,8-11,13H2,1-2H3,(H,29,32)(H,30,33). The number of piperidine rings is 1. The Morgan fingerprint density at radius 2 is 1.95 bits per heavy atom. The van der Waals surface area contributed by atoms with Crippen molar-refractivity contribution in [1.29, 1.82) is 0 Å². The molecule has 9 nitrogen and oxygen atoms in total. The fraction of sp³-hybridized carbons (Fsp3) is 0.346. The largest absolute Gasteiger partial charge is 0.467 e. The van der Waals surface area contributed by atoms with Crippen LogP contribution in [0.15, 0.2) is 64.2 Å². The minimum atomic E-state index is -3.53. The second kappa shape index (κ2) is 11.4. The Bertz CT molecular complexity index is 1370. The fourth-order valence-corrected chi connectivity index (χ4v) is 5.10. The predicted octanol–water partition coefficient (Wildman–Crippen LogP) is 4.47. The lowest BCUT2D eigenvalue weighted by Gasteiger charge is -2.33. The first kappa shape index (κ1) is 26.7. The highest BCUT2D eigenvalue weighted by Gasteiger charge is 2.26. The molecule has 1 aliphatic heterocycles. The van der Waals surface area contributed by atoms with Gasteiger partial charge in [-0.2, -0.15) is 0 Å². The van der Waals surface area contributed by atoms with Crippen molar-refractivity contribution in [2.45, 2.75) is 37.1 Å². The molecule has 0 saturated carbocycles. The van der Waals surface area contributed by atoms with Crippen LogP contribution >= 0.6 is 11.6 Å². The minimum Gasteiger partial charge on any atom is -0.467 e. The summed E-state index contributed by atoms with van der Waals surface area (Å²) in [6.07, 6.45) is 5.87. The van der Waals surface area contributed by atoms with Crippen LogP contribution in [0, 0.1) is 5.92 Å². The molecule has 2 amide bonds. The van der Waals surface area contributed by atoms with E-state index in [0.29, 0.717) is 47.4 Å². The van der Waals surface area contributed by atoms with Gasteiger partial charge < -0.3 is 20.0 Å². The number of carbonyl (C=O) groups excluding carboxylic acids is 2. The summed E-state index contributed by atoms with van der Waals surface area (Å²) in [5.74, 6) is 0.928. The number of carbonyl (C=O) groups is 2. The smallest absolute Gasteiger partial charge is 0.255 e. The summed E-state index contributed by atoms with van der Waals surface area (Å²) in [5, 5.41) is 6.19. The van der Waals surface area contributed by atoms with E-state index in [1.165, 1.54) is 18.3 Å². The third-order valence-electron chi connectivity index (χ3n) is 6.34. The van der Waals surface area contributed by atoms with Crippen molar-refractivity contribution in [3.63, 3.8) is 0 Å². The topological polar surface area (TPSA) is 122 Å². The monoisotopic (exact) mass is 544 g/mol. The van der Waals surface area contributed by atoms with Gasteiger partial charge in [0.25, 0.3) is 5.91 Å². The van der Waals surface area contributed by atoms with Gasteiger partial charge in [0, 0.05) is 42.5 Å². The lowest BCUT2D eigenvalue weighted by molar-refractivity contribution is -0.122. The molecule has 11 heteroatoms. The van der Waals surface area contributed by atoms with Gasteiger partial charge in [0.15, 0.2) is 15.7 Å². The molecule has 1 unspecified atom stereocenters. The maximum absolute atomic E-state index is 12.9. The van der Waals surface area contributed by atoms with E-state index in [1.54, 1.807) is 30.5 Å². The van der Waals surface area contributed by atoms with Crippen LogP contribution in [-0.2, 0) is 14.6 Å². The molecule has 4 rings (SSSR count). The van der Waals surface area contributed by atoms with E-state index in [-0.39, 0.29) is 22.8 Å². The highest BCUT2D eigenvalue weighted by Crippen LogP contribution is 2.31. The van der Waals surface area contributed by atoms with E-state index in [1.807, 2.05) is 17.9 Å². The molecular weight excluding hydrogens is 516 g/mol. The van der Waals surface area contributed by atoms with Gasteiger partial charge >= 0.3 is 0 Å². The van der Waals surface area contributed by atoms with Gasteiger partial charge in [0.1, 0.15) is 5.76 Å². The van der Waals surface area contributed by atoms with Crippen molar-refractivity contribution in [2.75, 3.05) is 29.6 Å². The number of nitrogens with zero attached hydrogens (tertiary/aromatic N) is 2. The molecule has 0 spiro atoms. The number of rotatable bonds is 8. The van der Waals surface area contributed by atoms with Gasteiger partial charge in [-0.05, 0) is 62.1 Å². The fourth-order valence-electron chi connectivity index (χ4n) is 4.33. The summed E-state index contributed by atoms with van der Waals surface area (Å²) in [7, 11) is -3.53. The SMILES string of the molecule is CC(NC(=O)CC1CCN(c2ncc(S(C)(=O)=O)cc2NC(=O)c2cccc(Cl)c2)CC1)c1ccco1. The molecule has 0 bridgehead atoms. The Morgan fingerprint density at radius 3 is 2.59 bits per heavy atom. The second-order valence-electron chi connectivity index (χ2n) is 9.22. The summed E-state index contributed by atoms with van der Waals surface area (Å²) in [5.41, 5.74) is 0.646. The molecule has 3 aromatic rings. The molecule has 3 heterocycles. The van der Waals surface area contributed by atoms with Crippen LogP contribution in [0.25, 0.3) is 0 Å². The number of sulfone groups is 1. The van der Waals surface area contributed by atoms with Crippen molar-refractivity contribution >= 4 is 44.8 Å². The van der Waals surface area contributed by atoms with E-state index < -0.39 is 15.7 Å². The lowest BCUT2D eigenvalue weighted by atomic mass is 9.93. The van der Waals surface area contributed by atoms with Crippen LogP contribution in [0.5, 0.6) is 0 Å². The first-order chi connectivity index (χ1) is 17.6. The van der Waals surface area contributed by atoms with Crippen LogP contribution in [0.3, 0.4) is 0 Å². The number of anilines is 2. The Balaban J connectivity index is 1.44. The molecule has 2 aromatic heterocycles. The molecule has 1 fully saturated rings. The van der Waals surface area contributed by atoms with E-state index in [2.05, 4.69) is 15.6 Å². The predicted molar refractivity (Wildman–Crippen MR) is 142 cm³/mol. The summed E-state index contributed by atoms with van der Waals surface area (Å²) in [4.78, 5) is 31.8. The van der Waals surface area contributed by atoms with Crippen molar-refractivity contribution in [2.24, 2.45) is 5.92 Å². The highest BCUT2D eigenvalue weighted by atomic mass is 35.5. The average Bonchev–Trinajstić information content (AvgIpc) is 3.39. The van der Waals surface area contributed by atoms with E-state index >= 15 is 0 Å². The molecule has 2 N–H and O–H groups in total. The van der Waals surface area contributed by atoms with Crippen molar-refractivity contribution in [1.82, 2.24) is 10.3 Å². The van der Waals surface area contributed by atoms with Crippen molar-refractivity contribution in [3.05, 3.63) is 71.3 Å². The zero-order chi connectivity index (χ0) is 26.6. The zero-order valence-corrected chi connectivity index (χ0v) is 22.2. The maximum atomic E-state index is 12.9. The first-order valence-electron chi connectivity index (χ1n) is 11.9. The Morgan fingerprint density at radius 1 is 1.19 bits per heavy atom. The number of nitrogens with one attached hydrogen (secondary N) is 2. The molecule has 1 atom stereocenters. The maximum Gasteiger partial charge on any atom is 0.255 e. The van der Waals surface area contributed by atoms with Gasteiger partial charge in [-0.1, -0.05) is 17.7 Å². The third-order valence-corrected chi connectivity index (χ3v) is 7.65. The summed E-state index contributed by atoms with van der Waals surface area (Å²) in [6.45, 7) is 3.10. The van der Waals surface area contributed by atoms with Gasteiger partial charge in [-0.25, -0.2) is 13.4 Å². The summed E-state index contributed by atoms with van der Waals surface area (Å²) in [6, 6.07) is 11.3. The molecule has 37 heavy (non-hydrogen) atoms. The first-order valence-corrected chi connectivity index (χ1v) is 14.2. The van der Waals surface area contributed by atoms with Crippen LogP contribution in [0.2, 0.25) is 5.02 Å². The zero-order valence-electron chi connectivity index (χ0n) is 20.6. The van der Waals surface area contributed by atoms with E-state index in [0.717, 1.165) is 19.1 Å². The molecule has 196 valence electrons. The Kier molecular flexibility index (Phi) is 8.19. The van der Waals surface area contributed by atoms with E-state index in [9.17, 15) is 18.0 Å². The second-order valence-corrected chi connectivity index (χ2v) is 11.7. The van der Waals surface area contributed by atoms with Crippen molar-refractivity contribution < 1.29 is 22.4 Å². The molecule has 1 saturated heterocycles. The lowest BCUT2D eigenvalue weighted by Crippen LogP contribution is -2.37. The molecule has 0 aliphatic carbocycles. The molecule has 0 radical (unpaired) electrons. The van der Waals surface area contributed by atoms with Gasteiger partial charge in [-0.3, -0.25) is 9.59 Å². The number of halogens is 1. The number of hydrogen-bond acceptors (Lipinski definition) is 7. The average molecular weight is 545 g/mol. The molecular formula is C26H29ClN4O5S. The van der Waals surface area contributed by atoms with Gasteiger partial charge in [-0.15, -0.1) is 0 Å². The normalized spacial score (nSPS) is 15.3. The molecule has 1 aromatic carbocycles. The third kappa shape index (κ3) is 6.90. The number of hydrogen-bond donors (Lipinski definition) is 2. The number of amides is 2. The van der Waals surface area contributed by atoms with Crippen LogP contribution in [-0.4, -0.2) is 44.6 Å². The van der Waals surface area contributed by atoms with Crippen molar-refractivity contribution in [3.8, 4) is 0 Å². The minimum absolute atomic E-state index is 0.00915. The van der Waals surface area contributed by atoms with Gasteiger partial charge in [0.2, 0.25) is 5.91 Å². The number of pyridine rings is 1. The summed E-state index contributed by atoms with van der Waals surface area (Å²) >= 11 is 6.02. The van der Waals surface area contributed by atoms with Crippen LogP contribution < -0.4 is 15.5 Å². The van der Waals surface area contributed by atoms with Crippen LogP contribution in [0.1, 0.15) is 48.3 Å². The number of aromatic nitrogens is 1. The summed E-state index contributed by atoms with van der Waals surface area (Å²) < 4.78 is 29.6. The molecule has 1 aliphatic rings. The van der Waals surface area contributed by atoms with Gasteiger partial charge in [0.05, 0.1) is 22.9 Å². The Hall–Kier alpha value is -3.37. The quantitative estimate of drug-likeness (QED) is 0.429. The number of furan rings is 1. The highest BCUT2D eigenvalue weighted by molar-refractivity contribution is 7.90. The number of benzene rings is 1. The Labute approximate surface area is 221 Å². The van der Waals surface area contributed by atoms with Crippen LogP contribution in [0.4, 0.5) is 11.5 Å². The van der Waals surface area contributed by atoms with E-state index in [4.69, 9.17) is 16.0 Å².